The average molecular weight is 266 g/mol. The molecule has 0 aromatic heterocycles. The molecule has 1 aromatic rings. The van der Waals surface area contributed by atoms with Crippen molar-refractivity contribution in [1.82, 2.24) is 0 Å². The zero-order chi connectivity index (χ0) is 13.8. The molecule has 104 valence electrons. The second kappa shape index (κ2) is 5.84. The molecule has 0 spiro atoms. The Balaban J connectivity index is 2.47. The van der Waals surface area contributed by atoms with Gasteiger partial charge in [0.05, 0.1) is 33.5 Å². The molecule has 0 saturated heterocycles. The first-order valence-corrected chi connectivity index (χ1v) is 6.02. The van der Waals surface area contributed by atoms with E-state index < -0.39 is 6.10 Å². The maximum Gasteiger partial charge on any atom is 0.143 e. The predicted molar refractivity (Wildman–Crippen MR) is 69.7 cm³/mol. The van der Waals surface area contributed by atoms with E-state index in [9.17, 15) is 5.11 Å². The fraction of sp³-hybridized carbons (Fsp3) is 0.429. The Morgan fingerprint density at radius 2 is 1.74 bits per heavy atom. The Morgan fingerprint density at radius 3 is 2.16 bits per heavy atom. The second-order valence-electron chi connectivity index (χ2n) is 4.09. The Bertz CT molecular complexity index is 456. The lowest BCUT2D eigenvalue weighted by Gasteiger charge is -2.19. The van der Waals surface area contributed by atoms with E-state index in [-0.39, 0.29) is 0 Å². The van der Waals surface area contributed by atoms with E-state index in [0.29, 0.717) is 35.2 Å². The van der Waals surface area contributed by atoms with Crippen LogP contribution in [0.25, 0.3) is 0 Å². The Hall–Kier alpha value is -1.88. The van der Waals surface area contributed by atoms with Gasteiger partial charge in [0.25, 0.3) is 0 Å². The van der Waals surface area contributed by atoms with Crippen LogP contribution in [0.2, 0.25) is 0 Å². The fourth-order valence-electron chi connectivity index (χ4n) is 2.07. The molecule has 1 aliphatic heterocycles. The van der Waals surface area contributed by atoms with Crippen LogP contribution in [0, 0.1) is 0 Å². The number of aliphatic hydroxyl groups excluding tert-OH is 1. The van der Waals surface area contributed by atoms with E-state index in [0.717, 1.165) is 6.42 Å². The highest BCUT2D eigenvalue weighted by atomic mass is 16.5. The van der Waals surface area contributed by atoms with Gasteiger partial charge in [-0.05, 0) is 6.08 Å². The third kappa shape index (κ3) is 2.61. The number of hydrogen-bond donors (Lipinski definition) is 1. The molecule has 2 rings (SSSR count). The predicted octanol–water partition coefficient (Wildman–Crippen LogP) is 2.05. The molecule has 5 heteroatoms. The molecule has 1 heterocycles. The Kier molecular flexibility index (Phi) is 4.16. The first-order chi connectivity index (χ1) is 9.21. The van der Waals surface area contributed by atoms with Crippen molar-refractivity contribution in [2.45, 2.75) is 12.5 Å². The quantitative estimate of drug-likeness (QED) is 0.884. The standard InChI is InChI=1S/C14H18O5/c1-16-9-7-11(17-2)13(12(8-9)18-3)14(15)10-5-4-6-19-10/h5,7-8,14-15H,4,6H2,1-3H3. The van der Waals surface area contributed by atoms with Crippen LogP contribution in [0.5, 0.6) is 17.2 Å². The van der Waals surface area contributed by atoms with Gasteiger partial charge in [-0.3, -0.25) is 0 Å². The van der Waals surface area contributed by atoms with Crippen LogP contribution in [0.3, 0.4) is 0 Å². The van der Waals surface area contributed by atoms with Gasteiger partial charge in [0.15, 0.2) is 0 Å². The van der Waals surface area contributed by atoms with E-state index >= 15 is 0 Å². The van der Waals surface area contributed by atoms with Crippen molar-refractivity contribution in [3.63, 3.8) is 0 Å². The minimum atomic E-state index is -0.904. The summed E-state index contributed by atoms with van der Waals surface area (Å²) in [6, 6.07) is 3.41. The number of hydrogen-bond acceptors (Lipinski definition) is 5. The van der Waals surface area contributed by atoms with Gasteiger partial charge in [-0.25, -0.2) is 0 Å². The third-order valence-electron chi connectivity index (χ3n) is 3.03. The summed E-state index contributed by atoms with van der Waals surface area (Å²) >= 11 is 0. The minimum Gasteiger partial charge on any atom is -0.496 e. The largest absolute Gasteiger partial charge is 0.496 e. The molecular weight excluding hydrogens is 248 g/mol. The van der Waals surface area contributed by atoms with Gasteiger partial charge in [-0.1, -0.05) is 0 Å². The lowest BCUT2D eigenvalue weighted by molar-refractivity contribution is 0.114. The highest BCUT2D eigenvalue weighted by Gasteiger charge is 2.26. The maximum absolute atomic E-state index is 10.4. The van der Waals surface area contributed by atoms with E-state index in [1.54, 1.807) is 19.2 Å². The molecule has 0 radical (unpaired) electrons. The molecule has 0 aliphatic carbocycles. The summed E-state index contributed by atoms with van der Waals surface area (Å²) in [5, 5.41) is 10.4. The summed E-state index contributed by atoms with van der Waals surface area (Å²) < 4.78 is 21.2. The number of rotatable bonds is 5. The van der Waals surface area contributed by atoms with Crippen LogP contribution in [-0.2, 0) is 4.74 Å². The molecule has 0 amide bonds. The SMILES string of the molecule is COc1cc(OC)c(C(O)C2=CCCO2)c(OC)c1. The first kappa shape index (κ1) is 13.5. The molecule has 0 fully saturated rings. The smallest absolute Gasteiger partial charge is 0.143 e. The van der Waals surface area contributed by atoms with E-state index in [1.807, 2.05) is 6.08 Å². The van der Waals surface area contributed by atoms with Gasteiger partial charge in [0.1, 0.15) is 29.1 Å². The van der Waals surface area contributed by atoms with E-state index in [1.165, 1.54) is 14.2 Å². The molecule has 1 unspecified atom stereocenters. The molecule has 1 aliphatic rings. The zero-order valence-electron chi connectivity index (χ0n) is 11.3. The first-order valence-electron chi connectivity index (χ1n) is 6.02. The van der Waals surface area contributed by atoms with Crippen LogP contribution in [0.1, 0.15) is 18.1 Å². The molecular formula is C14H18O5. The Labute approximate surface area is 112 Å². The number of benzene rings is 1. The van der Waals surface area contributed by atoms with Crippen molar-refractivity contribution in [2.75, 3.05) is 27.9 Å². The minimum absolute atomic E-state index is 0.500. The molecule has 19 heavy (non-hydrogen) atoms. The number of aliphatic hydroxyl groups is 1. The van der Waals surface area contributed by atoms with Crippen molar-refractivity contribution in [3.8, 4) is 17.2 Å². The van der Waals surface area contributed by atoms with Crippen molar-refractivity contribution in [3.05, 3.63) is 29.5 Å². The molecule has 1 aromatic carbocycles. The van der Waals surface area contributed by atoms with Gasteiger partial charge in [0, 0.05) is 18.6 Å². The normalized spacial score (nSPS) is 15.5. The van der Waals surface area contributed by atoms with Gasteiger partial charge < -0.3 is 24.1 Å². The molecule has 1 atom stereocenters. The Morgan fingerprint density at radius 1 is 1.11 bits per heavy atom. The molecule has 0 bridgehead atoms. The topological polar surface area (TPSA) is 57.2 Å². The van der Waals surface area contributed by atoms with E-state index in [2.05, 4.69) is 0 Å². The maximum atomic E-state index is 10.4. The van der Waals surface area contributed by atoms with Crippen LogP contribution in [0.15, 0.2) is 24.0 Å². The van der Waals surface area contributed by atoms with Crippen molar-refractivity contribution in [2.24, 2.45) is 0 Å². The highest BCUT2D eigenvalue weighted by molar-refractivity contribution is 5.53. The summed E-state index contributed by atoms with van der Waals surface area (Å²) in [4.78, 5) is 0. The molecule has 0 saturated carbocycles. The summed E-state index contributed by atoms with van der Waals surface area (Å²) in [7, 11) is 4.63. The van der Waals surface area contributed by atoms with Crippen LogP contribution < -0.4 is 14.2 Å². The van der Waals surface area contributed by atoms with Crippen molar-refractivity contribution < 1.29 is 24.1 Å². The second-order valence-corrected chi connectivity index (χ2v) is 4.09. The summed E-state index contributed by atoms with van der Waals surface area (Å²) in [6.07, 6.45) is 1.76. The van der Waals surface area contributed by atoms with Crippen LogP contribution >= 0.6 is 0 Å². The zero-order valence-corrected chi connectivity index (χ0v) is 11.3. The summed E-state index contributed by atoms with van der Waals surface area (Å²) in [5.74, 6) is 2.13. The summed E-state index contributed by atoms with van der Waals surface area (Å²) in [5.41, 5.74) is 0.541. The average Bonchev–Trinajstić information content (AvgIpc) is 2.99. The number of ether oxygens (including phenoxy) is 4. The van der Waals surface area contributed by atoms with Crippen LogP contribution in [-0.4, -0.2) is 33.0 Å². The highest BCUT2D eigenvalue weighted by Crippen LogP contribution is 2.41. The van der Waals surface area contributed by atoms with Crippen LogP contribution in [0.4, 0.5) is 0 Å². The fourth-order valence-corrected chi connectivity index (χ4v) is 2.07. The van der Waals surface area contributed by atoms with Gasteiger partial charge in [-0.2, -0.15) is 0 Å². The van der Waals surface area contributed by atoms with Gasteiger partial charge in [-0.15, -0.1) is 0 Å². The number of methoxy groups -OCH3 is 3. The van der Waals surface area contributed by atoms with Crippen molar-refractivity contribution >= 4 is 0 Å². The third-order valence-corrected chi connectivity index (χ3v) is 3.03. The van der Waals surface area contributed by atoms with Crippen molar-refractivity contribution in [1.29, 1.82) is 0 Å². The monoisotopic (exact) mass is 266 g/mol. The lowest BCUT2D eigenvalue weighted by atomic mass is 10.0. The van der Waals surface area contributed by atoms with Gasteiger partial charge in [0.2, 0.25) is 0 Å². The molecule has 1 N–H and O–H groups in total. The van der Waals surface area contributed by atoms with Gasteiger partial charge >= 0.3 is 0 Å². The summed E-state index contributed by atoms with van der Waals surface area (Å²) in [6.45, 7) is 0.590. The molecule has 5 nitrogen and oxygen atoms in total. The lowest BCUT2D eigenvalue weighted by Crippen LogP contribution is -2.07. The van der Waals surface area contributed by atoms with E-state index in [4.69, 9.17) is 18.9 Å².